The molecule has 0 saturated carbocycles. The zero-order chi connectivity index (χ0) is 15.2. The van der Waals surface area contributed by atoms with Crippen LogP contribution >= 0.6 is 0 Å². The van der Waals surface area contributed by atoms with Crippen molar-refractivity contribution in [1.82, 2.24) is 5.43 Å². The van der Waals surface area contributed by atoms with Gasteiger partial charge in [0.05, 0.1) is 6.21 Å². The lowest BCUT2D eigenvalue weighted by molar-refractivity contribution is 0.0955. The summed E-state index contributed by atoms with van der Waals surface area (Å²) in [6, 6.07) is 15.3. The maximum Gasteiger partial charge on any atom is 0.271 e. The van der Waals surface area contributed by atoms with E-state index in [0.29, 0.717) is 5.56 Å². The van der Waals surface area contributed by atoms with Gasteiger partial charge in [0.15, 0.2) is 0 Å². The number of aryl methyl sites for hydroxylation is 1. The normalized spacial score (nSPS) is 10.6. The molecule has 2 aromatic carbocycles. The van der Waals surface area contributed by atoms with E-state index in [9.17, 15) is 4.79 Å². The summed E-state index contributed by atoms with van der Waals surface area (Å²) in [5, 5.41) is 3.98. The fourth-order valence-corrected chi connectivity index (χ4v) is 1.81. The molecule has 2 rings (SSSR count). The summed E-state index contributed by atoms with van der Waals surface area (Å²) in [7, 11) is 3.87. The van der Waals surface area contributed by atoms with Crippen LogP contribution in [-0.4, -0.2) is 26.2 Å². The average Bonchev–Trinajstić information content (AvgIpc) is 2.49. The first kappa shape index (κ1) is 14.8. The largest absolute Gasteiger partial charge is 0.378 e. The Kier molecular flexibility index (Phi) is 4.72. The van der Waals surface area contributed by atoms with Gasteiger partial charge in [-0.1, -0.05) is 35.9 Å². The van der Waals surface area contributed by atoms with Gasteiger partial charge in [-0.05, 0) is 30.7 Å². The van der Waals surface area contributed by atoms with Crippen LogP contribution < -0.4 is 10.3 Å². The van der Waals surface area contributed by atoms with Gasteiger partial charge in [-0.25, -0.2) is 5.43 Å². The first-order chi connectivity index (χ1) is 10.1. The fourth-order valence-electron chi connectivity index (χ4n) is 1.81. The van der Waals surface area contributed by atoms with Gasteiger partial charge in [0, 0.05) is 25.3 Å². The molecule has 2 aromatic rings. The van der Waals surface area contributed by atoms with E-state index in [4.69, 9.17) is 0 Å². The van der Waals surface area contributed by atoms with Crippen molar-refractivity contribution < 1.29 is 4.79 Å². The number of hydrogen-bond donors (Lipinski definition) is 1. The van der Waals surface area contributed by atoms with Crippen LogP contribution in [0.5, 0.6) is 0 Å². The second-order valence-corrected chi connectivity index (χ2v) is 5.05. The summed E-state index contributed by atoms with van der Waals surface area (Å²) in [4.78, 5) is 14.0. The topological polar surface area (TPSA) is 44.7 Å². The summed E-state index contributed by atoms with van der Waals surface area (Å²) in [5.41, 5.74) is 6.24. The van der Waals surface area contributed by atoms with Crippen molar-refractivity contribution in [3.05, 3.63) is 65.2 Å². The maximum absolute atomic E-state index is 12.0. The highest BCUT2D eigenvalue weighted by atomic mass is 16.2. The van der Waals surface area contributed by atoms with Crippen molar-refractivity contribution in [2.45, 2.75) is 6.92 Å². The number of hydrazone groups is 1. The Balaban J connectivity index is 2.01. The molecule has 108 valence electrons. The van der Waals surface area contributed by atoms with Crippen molar-refractivity contribution in [1.29, 1.82) is 0 Å². The highest BCUT2D eigenvalue weighted by Crippen LogP contribution is 2.13. The second kappa shape index (κ2) is 6.70. The predicted molar refractivity (Wildman–Crippen MR) is 87.0 cm³/mol. The summed E-state index contributed by atoms with van der Waals surface area (Å²) >= 11 is 0. The summed E-state index contributed by atoms with van der Waals surface area (Å²) in [5.74, 6) is -0.220. The third-order valence-electron chi connectivity index (χ3n) is 3.08. The Morgan fingerprint density at radius 1 is 1.14 bits per heavy atom. The van der Waals surface area contributed by atoms with E-state index in [1.807, 2.05) is 68.4 Å². The zero-order valence-corrected chi connectivity index (χ0v) is 12.5. The molecular formula is C17H19N3O. The molecule has 0 unspecified atom stereocenters. The van der Waals surface area contributed by atoms with Gasteiger partial charge in [0.25, 0.3) is 5.91 Å². The van der Waals surface area contributed by atoms with Crippen molar-refractivity contribution in [3.63, 3.8) is 0 Å². The highest BCUT2D eigenvalue weighted by molar-refractivity contribution is 5.95. The van der Waals surface area contributed by atoms with Crippen LogP contribution in [0.3, 0.4) is 0 Å². The molecule has 0 radical (unpaired) electrons. The van der Waals surface area contributed by atoms with Gasteiger partial charge in [-0.2, -0.15) is 5.10 Å². The van der Waals surface area contributed by atoms with E-state index >= 15 is 0 Å². The van der Waals surface area contributed by atoms with Crippen molar-refractivity contribution in [3.8, 4) is 0 Å². The first-order valence-electron chi connectivity index (χ1n) is 6.74. The Labute approximate surface area is 125 Å². The Bertz CT molecular complexity index is 645. The predicted octanol–water partition coefficient (Wildman–Crippen LogP) is 2.82. The Morgan fingerprint density at radius 2 is 1.86 bits per heavy atom. The summed E-state index contributed by atoms with van der Waals surface area (Å²) in [6.45, 7) is 2.03. The smallest absolute Gasteiger partial charge is 0.271 e. The van der Waals surface area contributed by atoms with Crippen LogP contribution in [0, 0.1) is 6.92 Å². The van der Waals surface area contributed by atoms with E-state index in [1.54, 1.807) is 12.3 Å². The minimum atomic E-state index is -0.220. The number of amides is 1. The number of anilines is 1. The molecule has 0 bridgehead atoms. The number of nitrogens with zero attached hydrogens (tertiary/aromatic N) is 2. The summed E-state index contributed by atoms with van der Waals surface area (Å²) < 4.78 is 0. The Hall–Kier alpha value is -2.62. The molecule has 0 aliphatic rings. The van der Waals surface area contributed by atoms with E-state index < -0.39 is 0 Å². The van der Waals surface area contributed by atoms with E-state index in [1.165, 1.54) is 5.56 Å². The third-order valence-corrected chi connectivity index (χ3v) is 3.08. The molecular weight excluding hydrogens is 262 g/mol. The number of nitrogens with one attached hydrogen (secondary N) is 1. The molecule has 4 heteroatoms. The molecule has 0 heterocycles. The summed E-state index contributed by atoms with van der Waals surface area (Å²) in [6.07, 6.45) is 1.63. The second-order valence-electron chi connectivity index (χ2n) is 5.05. The van der Waals surface area contributed by atoms with Crippen LogP contribution in [0.1, 0.15) is 21.5 Å². The number of hydrogen-bond acceptors (Lipinski definition) is 3. The van der Waals surface area contributed by atoms with E-state index in [2.05, 4.69) is 10.5 Å². The number of rotatable bonds is 4. The van der Waals surface area contributed by atoms with E-state index in [0.717, 1.165) is 11.3 Å². The van der Waals surface area contributed by atoms with Crippen LogP contribution in [0.4, 0.5) is 5.69 Å². The molecule has 0 fully saturated rings. The van der Waals surface area contributed by atoms with E-state index in [-0.39, 0.29) is 5.91 Å². The van der Waals surface area contributed by atoms with Crippen LogP contribution in [0.15, 0.2) is 53.6 Å². The Morgan fingerprint density at radius 3 is 2.52 bits per heavy atom. The lowest BCUT2D eigenvalue weighted by Gasteiger charge is -2.12. The lowest BCUT2D eigenvalue weighted by atomic mass is 10.2. The van der Waals surface area contributed by atoms with Gasteiger partial charge in [0.2, 0.25) is 0 Å². The molecule has 0 aromatic heterocycles. The molecule has 21 heavy (non-hydrogen) atoms. The highest BCUT2D eigenvalue weighted by Gasteiger charge is 2.05. The quantitative estimate of drug-likeness (QED) is 0.692. The van der Waals surface area contributed by atoms with Gasteiger partial charge in [-0.15, -0.1) is 0 Å². The van der Waals surface area contributed by atoms with Gasteiger partial charge in [0.1, 0.15) is 0 Å². The van der Waals surface area contributed by atoms with Crippen LogP contribution in [0.25, 0.3) is 0 Å². The number of carbonyl (C=O) groups is 1. The van der Waals surface area contributed by atoms with Crippen LogP contribution in [0.2, 0.25) is 0 Å². The minimum Gasteiger partial charge on any atom is -0.378 e. The molecule has 1 amide bonds. The number of benzene rings is 2. The van der Waals surface area contributed by atoms with Gasteiger partial charge >= 0.3 is 0 Å². The SMILES string of the molecule is Cc1ccc(/C=N\NC(=O)c2cccc(N(C)C)c2)cc1. The van der Waals surface area contributed by atoms with Crippen molar-refractivity contribution in [2.75, 3.05) is 19.0 Å². The third kappa shape index (κ3) is 4.18. The molecule has 0 spiro atoms. The average molecular weight is 281 g/mol. The monoisotopic (exact) mass is 281 g/mol. The molecule has 0 saturated heterocycles. The molecule has 0 atom stereocenters. The lowest BCUT2D eigenvalue weighted by Crippen LogP contribution is -2.18. The maximum atomic E-state index is 12.0. The zero-order valence-electron chi connectivity index (χ0n) is 12.5. The van der Waals surface area contributed by atoms with Crippen molar-refractivity contribution >= 4 is 17.8 Å². The molecule has 1 N–H and O–H groups in total. The fraction of sp³-hybridized carbons (Fsp3) is 0.176. The van der Waals surface area contributed by atoms with Crippen molar-refractivity contribution in [2.24, 2.45) is 5.10 Å². The molecule has 0 aliphatic heterocycles. The minimum absolute atomic E-state index is 0.220. The molecule has 4 nitrogen and oxygen atoms in total. The van der Waals surface area contributed by atoms with Gasteiger partial charge in [-0.3, -0.25) is 4.79 Å². The first-order valence-corrected chi connectivity index (χ1v) is 6.74. The number of carbonyl (C=O) groups excluding carboxylic acids is 1. The van der Waals surface area contributed by atoms with Gasteiger partial charge < -0.3 is 4.90 Å². The van der Waals surface area contributed by atoms with Crippen LogP contribution in [-0.2, 0) is 0 Å². The molecule has 0 aliphatic carbocycles. The standard InChI is InChI=1S/C17H19N3O/c1-13-7-9-14(10-8-13)12-18-19-17(21)15-5-4-6-16(11-15)20(2)3/h4-12H,1-3H3,(H,19,21)/b18-12-.